The predicted molar refractivity (Wildman–Crippen MR) is 111 cm³/mol. The fourth-order valence-corrected chi connectivity index (χ4v) is 3.01. The number of hydrogen-bond acceptors (Lipinski definition) is 3. The van der Waals surface area contributed by atoms with E-state index in [1.54, 1.807) is 36.5 Å². The summed E-state index contributed by atoms with van der Waals surface area (Å²) >= 11 is 3.28. The zero-order valence-electron chi connectivity index (χ0n) is 14.9. The highest BCUT2D eigenvalue weighted by Crippen LogP contribution is 2.15. The van der Waals surface area contributed by atoms with Crippen LogP contribution in [0.4, 0.5) is 5.69 Å². The van der Waals surface area contributed by atoms with Gasteiger partial charge in [0.2, 0.25) is 5.91 Å². The summed E-state index contributed by atoms with van der Waals surface area (Å²) in [4.78, 5) is 36.8. The first kappa shape index (κ1) is 19.6. The van der Waals surface area contributed by atoms with Crippen LogP contribution in [0, 0.1) is 0 Å². The number of benzene rings is 2. The van der Waals surface area contributed by atoms with Gasteiger partial charge in [0.15, 0.2) is 0 Å². The van der Waals surface area contributed by atoms with Gasteiger partial charge in [0.25, 0.3) is 11.5 Å². The van der Waals surface area contributed by atoms with Crippen LogP contribution in [0.2, 0.25) is 0 Å². The second kappa shape index (κ2) is 9.14. The highest BCUT2D eigenvalue weighted by molar-refractivity contribution is 9.10. The van der Waals surface area contributed by atoms with Crippen molar-refractivity contribution < 1.29 is 9.59 Å². The van der Waals surface area contributed by atoms with Crippen LogP contribution < -0.4 is 16.2 Å². The van der Waals surface area contributed by atoms with Gasteiger partial charge in [-0.05, 0) is 39.7 Å². The Kier molecular flexibility index (Phi) is 6.39. The van der Waals surface area contributed by atoms with E-state index in [1.807, 2.05) is 30.3 Å². The Labute approximate surface area is 170 Å². The SMILES string of the molecule is O=C(Cn1cc(Br)ccc1=O)Nc1ccccc1C(=O)NCc1ccccc1. The lowest BCUT2D eigenvalue weighted by Crippen LogP contribution is -2.28. The number of rotatable bonds is 6. The maximum absolute atomic E-state index is 12.6. The molecule has 0 spiro atoms. The minimum absolute atomic E-state index is 0.155. The van der Waals surface area contributed by atoms with Crippen LogP contribution in [0.3, 0.4) is 0 Å². The van der Waals surface area contributed by atoms with Crippen LogP contribution in [0.1, 0.15) is 15.9 Å². The molecule has 3 rings (SSSR count). The summed E-state index contributed by atoms with van der Waals surface area (Å²) in [6.07, 6.45) is 1.54. The van der Waals surface area contributed by atoms with Crippen molar-refractivity contribution in [1.29, 1.82) is 0 Å². The quantitative estimate of drug-likeness (QED) is 0.618. The summed E-state index contributed by atoms with van der Waals surface area (Å²) in [7, 11) is 0. The summed E-state index contributed by atoms with van der Waals surface area (Å²) in [5, 5.41) is 5.55. The number of aromatic nitrogens is 1. The Morgan fingerprint density at radius 3 is 2.43 bits per heavy atom. The molecule has 0 bridgehead atoms. The lowest BCUT2D eigenvalue weighted by atomic mass is 10.1. The molecule has 7 heteroatoms. The summed E-state index contributed by atoms with van der Waals surface area (Å²) in [5.74, 6) is -0.692. The minimum Gasteiger partial charge on any atom is -0.348 e. The molecule has 0 aliphatic heterocycles. The van der Waals surface area contributed by atoms with E-state index in [2.05, 4.69) is 26.6 Å². The second-order valence-electron chi connectivity index (χ2n) is 6.08. The molecule has 6 nitrogen and oxygen atoms in total. The van der Waals surface area contributed by atoms with E-state index in [1.165, 1.54) is 10.6 Å². The highest BCUT2D eigenvalue weighted by atomic mass is 79.9. The maximum atomic E-state index is 12.6. The summed E-state index contributed by atoms with van der Waals surface area (Å²) in [6.45, 7) is 0.230. The van der Waals surface area contributed by atoms with E-state index in [9.17, 15) is 14.4 Å². The van der Waals surface area contributed by atoms with Crippen molar-refractivity contribution >= 4 is 33.4 Å². The molecule has 0 saturated carbocycles. The molecule has 2 aromatic carbocycles. The summed E-state index contributed by atoms with van der Waals surface area (Å²) in [6, 6.07) is 19.3. The largest absolute Gasteiger partial charge is 0.348 e. The molecule has 0 aliphatic rings. The van der Waals surface area contributed by atoms with Crippen molar-refractivity contribution in [3.8, 4) is 0 Å². The van der Waals surface area contributed by atoms with Crippen molar-refractivity contribution in [1.82, 2.24) is 9.88 Å². The first-order valence-electron chi connectivity index (χ1n) is 8.60. The van der Waals surface area contributed by atoms with Crippen LogP contribution in [0.25, 0.3) is 0 Å². The van der Waals surface area contributed by atoms with Gasteiger partial charge < -0.3 is 15.2 Å². The number of para-hydroxylation sites is 1. The normalized spacial score (nSPS) is 10.3. The van der Waals surface area contributed by atoms with E-state index in [4.69, 9.17) is 0 Å². The van der Waals surface area contributed by atoms with Gasteiger partial charge >= 0.3 is 0 Å². The molecule has 3 aromatic rings. The number of halogens is 1. The van der Waals surface area contributed by atoms with Crippen LogP contribution in [-0.4, -0.2) is 16.4 Å². The lowest BCUT2D eigenvalue weighted by molar-refractivity contribution is -0.116. The summed E-state index contributed by atoms with van der Waals surface area (Å²) < 4.78 is 1.98. The second-order valence-corrected chi connectivity index (χ2v) is 6.99. The zero-order valence-corrected chi connectivity index (χ0v) is 16.5. The van der Waals surface area contributed by atoms with Crippen molar-refractivity contribution in [2.24, 2.45) is 0 Å². The molecular weight excluding hydrogens is 422 g/mol. The Bertz CT molecular complexity index is 1050. The van der Waals surface area contributed by atoms with Crippen LogP contribution >= 0.6 is 15.9 Å². The van der Waals surface area contributed by atoms with Gasteiger partial charge in [-0.3, -0.25) is 14.4 Å². The first-order valence-corrected chi connectivity index (χ1v) is 9.39. The molecule has 0 aliphatic carbocycles. The molecule has 0 radical (unpaired) electrons. The number of anilines is 1. The number of carbonyl (C=O) groups is 2. The highest BCUT2D eigenvalue weighted by Gasteiger charge is 2.13. The predicted octanol–water partition coefficient (Wildman–Crippen LogP) is 3.18. The topological polar surface area (TPSA) is 80.2 Å². The Morgan fingerprint density at radius 2 is 1.64 bits per heavy atom. The monoisotopic (exact) mass is 439 g/mol. The van der Waals surface area contributed by atoms with Crippen molar-refractivity contribution in [3.05, 3.63) is 98.9 Å². The maximum Gasteiger partial charge on any atom is 0.253 e. The molecule has 142 valence electrons. The van der Waals surface area contributed by atoms with Crippen molar-refractivity contribution in [2.45, 2.75) is 13.1 Å². The average molecular weight is 440 g/mol. The number of amides is 2. The third kappa shape index (κ3) is 5.17. The van der Waals surface area contributed by atoms with E-state index < -0.39 is 5.91 Å². The molecule has 0 saturated heterocycles. The van der Waals surface area contributed by atoms with Gasteiger partial charge in [0, 0.05) is 23.3 Å². The van der Waals surface area contributed by atoms with Gasteiger partial charge in [-0.15, -0.1) is 0 Å². The zero-order chi connectivity index (χ0) is 19.9. The molecule has 2 amide bonds. The van der Waals surface area contributed by atoms with Gasteiger partial charge in [0.1, 0.15) is 6.54 Å². The van der Waals surface area contributed by atoms with Gasteiger partial charge in [-0.1, -0.05) is 42.5 Å². The standard InChI is InChI=1S/C21H18BrN3O3/c22-16-10-11-20(27)25(13-16)14-19(26)24-18-9-5-4-8-17(18)21(28)23-12-15-6-2-1-3-7-15/h1-11,13H,12,14H2,(H,23,28)(H,24,26). The van der Waals surface area contributed by atoms with Gasteiger partial charge in [0.05, 0.1) is 11.3 Å². The Morgan fingerprint density at radius 1 is 0.929 bits per heavy atom. The summed E-state index contributed by atoms with van der Waals surface area (Å²) in [5.41, 5.74) is 1.44. The molecule has 28 heavy (non-hydrogen) atoms. The smallest absolute Gasteiger partial charge is 0.253 e. The van der Waals surface area contributed by atoms with Crippen LogP contribution in [0.15, 0.2) is 82.2 Å². The van der Waals surface area contributed by atoms with E-state index in [0.29, 0.717) is 22.3 Å². The first-order chi connectivity index (χ1) is 13.5. The van der Waals surface area contributed by atoms with E-state index in [-0.39, 0.29) is 18.0 Å². The molecule has 0 unspecified atom stereocenters. The number of nitrogens with one attached hydrogen (secondary N) is 2. The Balaban J connectivity index is 1.69. The molecule has 2 N–H and O–H groups in total. The fourth-order valence-electron chi connectivity index (χ4n) is 2.63. The van der Waals surface area contributed by atoms with E-state index >= 15 is 0 Å². The molecule has 0 atom stereocenters. The third-order valence-electron chi connectivity index (χ3n) is 4.00. The molecule has 0 fully saturated rings. The molecular formula is C21H18BrN3O3. The number of pyridine rings is 1. The van der Waals surface area contributed by atoms with Crippen molar-refractivity contribution in [2.75, 3.05) is 5.32 Å². The Hall–Kier alpha value is -3.19. The molecule has 1 heterocycles. The minimum atomic E-state index is -0.400. The lowest BCUT2D eigenvalue weighted by Gasteiger charge is -2.12. The van der Waals surface area contributed by atoms with Crippen LogP contribution in [0.5, 0.6) is 0 Å². The van der Waals surface area contributed by atoms with Crippen molar-refractivity contribution in [3.63, 3.8) is 0 Å². The average Bonchev–Trinajstić information content (AvgIpc) is 2.70. The number of hydrogen-bond donors (Lipinski definition) is 2. The van der Waals surface area contributed by atoms with Gasteiger partial charge in [-0.2, -0.15) is 0 Å². The number of carbonyl (C=O) groups excluding carboxylic acids is 2. The number of nitrogens with zero attached hydrogens (tertiary/aromatic N) is 1. The van der Waals surface area contributed by atoms with Gasteiger partial charge in [-0.25, -0.2) is 0 Å². The fraction of sp³-hybridized carbons (Fsp3) is 0.0952. The van der Waals surface area contributed by atoms with E-state index in [0.717, 1.165) is 5.56 Å². The molecule has 1 aromatic heterocycles. The third-order valence-corrected chi connectivity index (χ3v) is 4.47. The van der Waals surface area contributed by atoms with Crippen LogP contribution in [-0.2, 0) is 17.9 Å².